The van der Waals surface area contributed by atoms with Gasteiger partial charge in [-0.1, -0.05) is 48.5 Å². The highest BCUT2D eigenvalue weighted by atomic mass is 16.1. The van der Waals surface area contributed by atoms with Gasteiger partial charge in [-0.25, -0.2) is 4.98 Å². The zero-order valence-electron chi connectivity index (χ0n) is 13.4. The molecule has 4 rings (SSSR count). The summed E-state index contributed by atoms with van der Waals surface area (Å²) in [6, 6.07) is 19.4. The largest absolute Gasteiger partial charge is 0.398 e. The lowest BCUT2D eigenvalue weighted by molar-refractivity contribution is 0.786. The molecule has 0 amide bonds. The van der Waals surface area contributed by atoms with E-state index < -0.39 is 0 Å². The van der Waals surface area contributed by atoms with Gasteiger partial charge in [-0.05, 0) is 24.1 Å². The smallest absolute Gasteiger partial charge is 0.254 e. The van der Waals surface area contributed by atoms with E-state index in [2.05, 4.69) is 0 Å². The normalized spacial score (nSPS) is 11.2. The third-order valence-corrected chi connectivity index (χ3v) is 4.32. The van der Waals surface area contributed by atoms with Crippen molar-refractivity contribution in [3.63, 3.8) is 0 Å². The number of fused-ring (bicyclic) bond motifs is 2. The number of para-hydroxylation sites is 1. The fourth-order valence-electron chi connectivity index (χ4n) is 3.07. The van der Waals surface area contributed by atoms with Crippen molar-refractivity contribution in [2.45, 2.75) is 13.5 Å². The van der Waals surface area contributed by atoms with E-state index in [-0.39, 0.29) is 5.56 Å². The summed E-state index contributed by atoms with van der Waals surface area (Å²) in [6.45, 7) is 2.49. The second-order valence-electron chi connectivity index (χ2n) is 6.02. The standard InChI is InChI=1S/C20H17N3O/c1-13-6-5-9-15-10-16-17(21)11-18(24)23(20(16)22-19(13)15)12-14-7-3-2-4-8-14/h2-11H,12,21H2,1H3. The van der Waals surface area contributed by atoms with E-state index in [1.807, 2.05) is 61.5 Å². The molecule has 0 radical (unpaired) electrons. The first kappa shape index (κ1) is 14.5. The number of aromatic nitrogens is 2. The van der Waals surface area contributed by atoms with Gasteiger partial charge in [0.15, 0.2) is 0 Å². The van der Waals surface area contributed by atoms with Crippen LogP contribution in [0.25, 0.3) is 21.9 Å². The number of benzene rings is 2. The number of nitrogens with zero attached hydrogens (tertiary/aromatic N) is 2. The first-order valence-electron chi connectivity index (χ1n) is 7.87. The number of rotatable bonds is 2. The van der Waals surface area contributed by atoms with Crippen molar-refractivity contribution < 1.29 is 0 Å². The van der Waals surface area contributed by atoms with E-state index in [1.165, 1.54) is 6.07 Å². The molecule has 0 atom stereocenters. The predicted molar refractivity (Wildman–Crippen MR) is 98.2 cm³/mol. The van der Waals surface area contributed by atoms with E-state index in [9.17, 15) is 4.79 Å². The molecule has 0 spiro atoms. The molecule has 4 heteroatoms. The molecule has 0 aliphatic heterocycles. The van der Waals surface area contributed by atoms with Crippen LogP contribution in [0, 0.1) is 6.92 Å². The van der Waals surface area contributed by atoms with E-state index in [1.54, 1.807) is 4.57 Å². The lowest BCUT2D eigenvalue weighted by atomic mass is 10.1. The molecule has 2 aromatic carbocycles. The minimum Gasteiger partial charge on any atom is -0.398 e. The van der Waals surface area contributed by atoms with Crippen molar-refractivity contribution in [3.05, 3.63) is 82.1 Å². The third kappa shape index (κ3) is 2.33. The Bertz CT molecular complexity index is 1110. The predicted octanol–water partition coefficient (Wildman–Crippen LogP) is 3.49. The summed E-state index contributed by atoms with van der Waals surface area (Å²) in [6.07, 6.45) is 0. The van der Waals surface area contributed by atoms with Crippen LogP contribution in [0.4, 0.5) is 5.69 Å². The number of hydrogen-bond acceptors (Lipinski definition) is 3. The summed E-state index contributed by atoms with van der Waals surface area (Å²) in [5, 5.41) is 1.84. The van der Waals surface area contributed by atoms with Crippen LogP contribution in [-0.4, -0.2) is 9.55 Å². The quantitative estimate of drug-likeness (QED) is 0.576. The van der Waals surface area contributed by atoms with Gasteiger partial charge < -0.3 is 5.73 Å². The Morgan fingerprint density at radius 1 is 1.04 bits per heavy atom. The van der Waals surface area contributed by atoms with Crippen molar-refractivity contribution in [1.29, 1.82) is 0 Å². The highest BCUT2D eigenvalue weighted by molar-refractivity contribution is 5.98. The van der Waals surface area contributed by atoms with Gasteiger partial charge in [-0.15, -0.1) is 0 Å². The zero-order chi connectivity index (χ0) is 16.7. The highest BCUT2D eigenvalue weighted by Crippen LogP contribution is 2.25. The van der Waals surface area contributed by atoms with Gasteiger partial charge in [0.05, 0.1) is 12.1 Å². The number of nitrogen functional groups attached to an aromatic ring is 1. The monoisotopic (exact) mass is 315 g/mol. The molecule has 24 heavy (non-hydrogen) atoms. The van der Waals surface area contributed by atoms with Gasteiger partial charge in [0.25, 0.3) is 5.56 Å². The zero-order valence-corrected chi connectivity index (χ0v) is 13.4. The number of hydrogen-bond donors (Lipinski definition) is 1. The van der Waals surface area contributed by atoms with E-state index in [0.29, 0.717) is 17.9 Å². The fraction of sp³-hybridized carbons (Fsp3) is 0.100. The summed E-state index contributed by atoms with van der Waals surface area (Å²) >= 11 is 0. The maximum atomic E-state index is 12.5. The molecule has 0 saturated heterocycles. The van der Waals surface area contributed by atoms with Crippen molar-refractivity contribution in [2.24, 2.45) is 0 Å². The van der Waals surface area contributed by atoms with Crippen molar-refractivity contribution >= 4 is 27.6 Å². The second kappa shape index (κ2) is 5.49. The lowest BCUT2D eigenvalue weighted by Crippen LogP contribution is -2.22. The molecule has 0 aliphatic rings. The first-order valence-corrected chi connectivity index (χ1v) is 7.87. The van der Waals surface area contributed by atoms with Crippen molar-refractivity contribution in [3.8, 4) is 0 Å². The first-order chi connectivity index (χ1) is 11.6. The molecular formula is C20H17N3O. The molecule has 0 fully saturated rings. The molecule has 0 unspecified atom stereocenters. The Kier molecular flexibility index (Phi) is 3.31. The maximum Gasteiger partial charge on any atom is 0.254 e. The number of aryl methyl sites for hydroxylation is 1. The van der Waals surface area contributed by atoms with Gasteiger partial charge >= 0.3 is 0 Å². The molecule has 0 bridgehead atoms. The molecule has 4 aromatic rings. The van der Waals surface area contributed by atoms with Gasteiger partial charge in [-0.2, -0.15) is 0 Å². The molecule has 0 saturated carbocycles. The molecule has 4 nitrogen and oxygen atoms in total. The van der Waals surface area contributed by atoms with Crippen LogP contribution in [0.2, 0.25) is 0 Å². The average molecular weight is 315 g/mol. The summed E-state index contributed by atoms with van der Waals surface area (Å²) in [4.78, 5) is 17.3. The molecule has 2 heterocycles. The average Bonchev–Trinajstić information content (AvgIpc) is 2.59. The minimum absolute atomic E-state index is 0.135. The van der Waals surface area contributed by atoms with Crippen LogP contribution in [0.3, 0.4) is 0 Å². The van der Waals surface area contributed by atoms with Crippen LogP contribution in [-0.2, 0) is 6.54 Å². The van der Waals surface area contributed by atoms with Crippen LogP contribution < -0.4 is 11.3 Å². The molecule has 118 valence electrons. The third-order valence-electron chi connectivity index (χ3n) is 4.32. The minimum atomic E-state index is -0.135. The number of nitrogens with two attached hydrogens (primary N) is 1. The fourth-order valence-corrected chi connectivity index (χ4v) is 3.07. The van der Waals surface area contributed by atoms with Crippen LogP contribution >= 0.6 is 0 Å². The Morgan fingerprint density at radius 2 is 1.83 bits per heavy atom. The molecule has 2 aromatic heterocycles. The summed E-state index contributed by atoms with van der Waals surface area (Å²) < 4.78 is 1.69. The summed E-state index contributed by atoms with van der Waals surface area (Å²) in [5.41, 5.74) is 10.1. The van der Waals surface area contributed by atoms with Gasteiger partial charge in [0.2, 0.25) is 0 Å². The Labute approximate surface area is 139 Å². The Hall–Kier alpha value is -3.14. The van der Waals surface area contributed by atoms with Gasteiger partial charge in [0, 0.05) is 22.5 Å². The molecular weight excluding hydrogens is 298 g/mol. The number of pyridine rings is 2. The second-order valence-corrected chi connectivity index (χ2v) is 6.02. The molecule has 0 aliphatic carbocycles. The Balaban J connectivity index is 2.05. The van der Waals surface area contributed by atoms with Crippen molar-refractivity contribution in [1.82, 2.24) is 9.55 Å². The van der Waals surface area contributed by atoms with Gasteiger partial charge in [0.1, 0.15) is 5.65 Å². The highest BCUT2D eigenvalue weighted by Gasteiger charge is 2.11. The van der Waals surface area contributed by atoms with E-state index >= 15 is 0 Å². The van der Waals surface area contributed by atoms with E-state index in [4.69, 9.17) is 10.7 Å². The van der Waals surface area contributed by atoms with Crippen LogP contribution in [0.15, 0.2) is 65.5 Å². The summed E-state index contributed by atoms with van der Waals surface area (Å²) in [7, 11) is 0. The Morgan fingerprint density at radius 3 is 2.62 bits per heavy atom. The summed E-state index contributed by atoms with van der Waals surface area (Å²) in [5.74, 6) is 0. The number of anilines is 1. The molecule has 2 N–H and O–H groups in total. The van der Waals surface area contributed by atoms with Gasteiger partial charge in [-0.3, -0.25) is 9.36 Å². The SMILES string of the molecule is Cc1cccc2cc3c(N)cc(=O)n(Cc4ccccc4)c3nc12. The van der Waals surface area contributed by atoms with Crippen LogP contribution in [0.1, 0.15) is 11.1 Å². The lowest BCUT2D eigenvalue weighted by Gasteiger charge is -2.13. The van der Waals surface area contributed by atoms with Crippen LogP contribution in [0.5, 0.6) is 0 Å². The van der Waals surface area contributed by atoms with Crippen molar-refractivity contribution in [2.75, 3.05) is 5.73 Å². The topological polar surface area (TPSA) is 60.9 Å². The maximum absolute atomic E-state index is 12.5. The van der Waals surface area contributed by atoms with E-state index in [0.717, 1.165) is 27.4 Å².